The van der Waals surface area contributed by atoms with E-state index < -0.39 is 0 Å². The number of morpholine rings is 1. The topological polar surface area (TPSA) is 30.9 Å². The second-order valence-electron chi connectivity index (χ2n) is 7.58. The third-order valence-corrected chi connectivity index (χ3v) is 5.53. The molecule has 1 aliphatic carbocycles. The molecule has 0 amide bonds. The first kappa shape index (κ1) is 16.2. The van der Waals surface area contributed by atoms with E-state index in [0.29, 0.717) is 19.3 Å². The number of hydrogen-bond donors (Lipinski definition) is 0. The normalized spacial score (nSPS) is 25.8. The molecular formula is C22H25NO3. The van der Waals surface area contributed by atoms with Crippen LogP contribution in [0.1, 0.15) is 30.1 Å². The molecule has 3 aliphatic rings. The fourth-order valence-electron chi connectivity index (χ4n) is 4.01. The zero-order valence-corrected chi connectivity index (χ0v) is 15.0. The van der Waals surface area contributed by atoms with Crippen molar-refractivity contribution in [2.75, 3.05) is 26.3 Å². The van der Waals surface area contributed by atoms with E-state index in [0.717, 1.165) is 37.1 Å². The van der Waals surface area contributed by atoms with Crippen molar-refractivity contribution < 1.29 is 14.2 Å². The van der Waals surface area contributed by atoms with Crippen LogP contribution < -0.4 is 9.47 Å². The summed E-state index contributed by atoms with van der Waals surface area (Å²) in [7, 11) is 0. The Morgan fingerprint density at radius 3 is 2.50 bits per heavy atom. The lowest BCUT2D eigenvalue weighted by atomic mass is 10.0. The second-order valence-corrected chi connectivity index (χ2v) is 7.58. The Labute approximate surface area is 154 Å². The van der Waals surface area contributed by atoms with Gasteiger partial charge in [0.05, 0.1) is 12.2 Å². The molecule has 1 saturated carbocycles. The van der Waals surface area contributed by atoms with Crippen molar-refractivity contribution in [1.29, 1.82) is 0 Å². The lowest BCUT2D eigenvalue weighted by Crippen LogP contribution is -2.44. The van der Waals surface area contributed by atoms with E-state index in [1.807, 2.05) is 6.07 Å². The Kier molecular flexibility index (Phi) is 4.31. The predicted molar refractivity (Wildman–Crippen MR) is 99.5 cm³/mol. The molecule has 4 heteroatoms. The number of ether oxygens (including phenoxy) is 3. The monoisotopic (exact) mass is 351 g/mol. The van der Waals surface area contributed by atoms with E-state index in [1.54, 1.807) is 0 Å². The Balaban J connectivity index is 1.34. The van der Waals surface area contributed by atoms with Gasteiger partial charge in [-0.1, -0.05) is 36.4 Å². The van der Waals surface area contributed by atoms with Gasteiger partial charge in [-0.05, 0) is 42.0 Å². The SMILES string of the molecule is c1ccc([C@@H]2CN(Cc3ccc4c(c3)OCCO4)C[C@H](C3CC3)O2)cc1. The highest BCUT2D eigenvalue weighted by Gasteiger charge is 2.38. The highest BCUT2D eigenvalue weighted by molar-refractivity contribution is 5.43. The smallest absolute Gasteiger partial charge is 0.161 e. The van der Waals surface area contributed by atoms with E-state index in [2.05, 4.69) is 47.4 Å². The van der Waals surface area contributed by atoms with E-state index in [4.69, 9.17) is 14.2 Å². The summed E-state index contributed by atoms with van der Waals surface area (Å²) in [5.41, 5.74) is 2.56. The Hall–Kier alpha value is -2.04. The third-order valence-electron chi connectivity index (χ3n) is 5.53. The van der Waals surface area contributed by atoms with E-state index in [9.17, 15) is 0 Å². The number of nitrogens with zero attached hydrogens (tertiary/aromatic N) is 1. The van der Waals surface area contributed by atoms with Crippen molar-refractivity contribution in [3.05, 3.63) is 59.7 Å². The molecule has 2 heterocycles. The minimum Gasteiger partial charge on any atom is -0.486 e. The van der Waals surface area contributed by atoms with Crippen LogP contribution in [0.3, 0.4) is 0 Å². The molecule has 2 aliphatic heterocycles. The molecule has 0 bridgehead atoms. The maximum atomic E-state index is 6.47. The summed E-state index contributed by atoms with van der Waals surface area (Å²) in [4.78, 5) is 2.54. The number of hydrogen-bond acceptors (Lipinski definition) is 4. The second kappa shape index (κ2) is 6.93. The third kappa shape index (κ3) is 3.44. The van der Waals surface area contributed by atoms with Gasteiger partial charge < -0.3 is 14.2 Å². The predicted octanol–water partition coefficient (Wildman–Crippen LogP) is 3.81. The van der Waals surface area contributed by atoms with Gasteiger partial charge in [-0.2, -0.15) is 0 Å². The summed E-state index contributed by atoms with van der Waals surface area (Å²) in [6.07, 6.45) is 3.13. The van der Waals surface area contributed by atoms with Gasteiger partial charge in [-0.15, -0.1) is 0 Å². The summed E-state index contributed by atoms with van der Waals surface area (Å²) >= 11 is 0. The lowest BCUT2D eigenvalue weighted by Gasteiger charge is -2.38. The van der Waals surface area contributed by atoms with Crippen LogP contribution in [0.25, 0.3) is 0 Å². The highest BCUT2D eigenvalue weighted by Crippen LogP contribution is 2.40. The molecule has 5 rings (SSSR count). The summed E-state index contributed by atoms with van der Waals surface area (Å²) in [5.74, 6) is 2.48. The molecular weight excluding hydrogens is 326 g/mol. The van der Waals surface area contributed by atoms with Crippen LogP contribution in [-0.4, -0.2) is 37.3 Å². The summed E-state index contributed by atoms with van der Waals surface area (Å²) in [6.45, 7) is 4.14. The molecule has 26 heavy (non-hydrogen) atoms. The van der Waals surface area contributed by atoms with E-state index in [-0.39, 0.29) is 6.10 Å². The fraction of sp³-hybridized carbons (Fsp3) is 0.455. The van der Waals surface area contributed by atoms with Crippen molar-refractivity contribution in [3.8, 4) is 11.5 Å². The zero-order valence-electron chi connectivity index (χ0n) is 15.0. The lowest BCUT2D eigenvalue weighted by molar-refractivity contribution is -0.0986. The molecule has 2 atom stereocenters. The molecule has 136 valence electrons. The maximum Gasteiger partial charge on any atom is 0.161 e. The number of rotatable bonds is 4. The summed E-state index contributed by atoms with van der Waals surface area (Å²) < 4.78 is 17.9. The van der Waals surface area contributed by atoms with Crippen molar-refractivity contribution >= 4 is 0 Å². The molecule has 0 radical (unpaired) electrons. The molecule has 0 unspecified atom stereocenters. The van der Waals surface area contributed by atoms with Crippen molar-refractivity contribution in [2.45, 2.75) is 31.6 Å². The largest absolute Gasteiger partial charge is 0.486 e. The molecule has 0 aromatic heterocycles. The number of fused-ring (bicyclic) bond motifs is 1. The Bertz CT molecular complexity index is 759. The first-order chi connectivity index (χ1) is 12.8. The standard InChI is InChI=1S/C22H25NO3/c1-2-4-17(5-3-1)21-14-23(15-22(26-21)18-7-8-18)13-16-6-9-19-20(12-16)25-11-10-24-19/h1-6,9,12,18,21-22H,7-8,10-11,13-15H2/t21-,22+/m0/s1. The van der Waals surface area contributed by atoms with Crippen LogP contribution in [0.4, 0.5) is 0 Å². The van der Waals surface area contributed by atoms with Crippen LogP contribution in [-0.2, 0) is 11.3 Å². The first-order valence-electron chi connectivity index (χ1n) is 9.66. The first-order valence-corrected chi connectivity index (χ1v) is 9.66. The average Bonchev–Trinajstić information content (AvgIpc) is 3.54. The Morgan fingerprint density at radius 2 is 1.69 bits per heavy atom. The minimum atomic E-state index is 0.160. The zero-order chi connectivity index (χ0) is 17.3. The van der Waals surface area contributed by atoms with Crippen LogP contribution in [0.5, 0.6) is 11.5 Å². The van der Waals surface area contributed by atoms with Crippen molar-refractivity contribution in [3.63, 3.8) is 0 Å². The van der Waals surface area contributed by atoms with Gasteiger partial charge in [-0.25, -0.2) is 0 Å². The molecule has 0 N–H and O–H groups in total. The van der Waals surface area contributed by atoms with Gasteiger partial charge in [0.1, 0.15) is 13.2 Å². The maximum absolute atomic E-state index is 6.47. The van der Waals surface area contributed by atoms with E-state index >= 15 is 0 Å². The molecule has 0 spiro atoms. The van der Waals surface area contributed by atoms with Crippen molar-refractivity contribution in [1.82, 2.24) is 4.90 Å². The van der Waals surface area contributed by atoms with Gasteiger partial charge in [0.2, 0.25) is 0 Å². The Morgan fingerprint density at radius 1 is 0.885 bits per heavy atom. The van der Waals surface area contributed by atoms with Gasteiger partial charge in [0.15, 0.2) is 11.5 Å². The highest BCUT2D eigenvalue weighted by atomic mass is 16.6. The van der Waals surface area contributed by atoms with Gasteiger partial charge in [-0.3, -0.25) is 4.90 Å². The van der Waals surface area contributed by atoms with Gasteiger partial charge >= 0.3 is 0 Å². The van der Waals surface area contributed by atoms with Gasteiger partial charge in [0.25, 0.3) is 0 Å². The van der Waals surface area contributed by atoms with Crippen LogP contribution in [0.2, 0.25) is 0 Å². The fourth-order valence-corrected chi connectivity index (χ4v) is 4.01. The molecule has 4 nitrogen and oxygen atoms in total. The quantitative estimate of drug-likeness (QED) is 0.838. The molecule has 2 aromatic rings. The van der Waals surface area contributed by atoms with Gasteiger partial charge in [0, 0.05) is 19.6 Å². The van der Waals surface area contributed by atoms with E-state index in [1.165, 1.54) is 24.0 Å². The van der Waals surface area contributed by atoms with Crippen LogP contribution in [0, 0.1) is 5.92 Å². The molecule has 2 fully saturated rings. The summed E-state index contributed by atoms with van der Waals surface area (Å²) in [5, 5.41) is 0. The van der Waals surface area contributed by atoms with Crippen LogP contribution >= 0.6 is 0 Å². The minimum absolute atomic E-state index is 0.160. The number of benzene rings is 2. The summed E-state index contributed by atoms with van der Waals surface area (Å²) in [6, 6.07) is 17.0. The average molecular weight is 351 g/mol. The van der Waals surface area contributed by atoms with Crippen molar-refractivity contribution in [2.24, 2.45) is 5.92 Å². The van der Waals surface area contributed by atoms with Crippen LogP contribution in [0.15, 0.2) is 48.5 Å². The molecule has 1 saturated heterocycles. The molecule has 2 aromatic carbocycles.